The van der Waals surface area contributed by atoms with Crippen LogP contribution in [0.15, 0.2) is 42.5 Å². The van der Waals surface area contributed by atoms with Crippen molar-refractivity contribution in [1.29, 1.82) is 0 Å². The van der Waals surface area contributed by atoms with Crippen molar-refractivity contribution in [2.75, 3.05) is 4.90 Å². The highest BCUT2D eigenvalue weighted by atomic mass is 16.2. The molecule has 102 valence electrons. The largest absolute Gasteiger partial charge is 0.305 e. The lowest BCUT2D eigenvalue weighted by Gasteiger charge is -2.23. The van der Waals surface area contributed by atoms with Crippen LogP contribution in [0.5, 0.6) is 0 Å². The van der Waals surface area contributed by atoms with Crippen molar-refractivity contribution in [2.45, 2.75) is 33.2 Å². The van der Waals surface area contributed by atoms with Gasteiger partial charge in [-0.1, -0.05) is 24.3 Å². The summed E-state index contributed by atoms with van der Waals surface area (Å²) in [7, 11) is 0. The number of nitrogens with zero attached hydrogens (tertiary/aromatic N) is 1. The minimum Gasteiger partial charge on any atom is -0.305 e. The molecule has 3 rings (SSSR count). The van der Waals surface area contributed by atoms with Crippen LogP contribution in [0.1, 0.15) is 34.0 Å². The van der Waals surface area contributed by atoms with Crippen molar-refractivity contribution in [2.24, 2.45) is 0 Å². The van der Waals surface area contributed by atoms with E-state index >= 15 is 0 Å². The predicted octanol–water partition coefficient (Wildman–Crippen LogP) is 3.89. The fraction of sp³-hybridized carbons (Fsp3) is 0.278. The number of carbonyl (C=O) groups is 1. The average molecular weight is 265 g/mol. The number of para-hydroxylation sites is 1. The molecular weight excluding hydrogens is 246 g/mol. The Morgan fingerprint density at radius 3 is 2.60 bits per heavy atom. The van der Waals surface area contributed by atoms with Crippen LogP contribution in [-0.2, 0) is 6.42 Å². The second kappa shape index (κ2) is 4.78. The van der Waals surface area contributed by atoms with E-state index in [4.69, 9.17) is 0 Å². The molecule has 1 unspecified atom stereocenters. The number of carbonyl (C=O) groups excluding carboxylic acids is 1. The molecule has 0 aliphatic carbocycles. The van der Waals surface area contributed by atoms with Gasteiger partial charge in [0.1, 0.15) is 0 Å². The summed E-state index contributed by atoms with van der Waals surface area (Å²) in [5, 5.41) is 0. The first-order chi connectivity index (χ1) is 9.58. The van der Waals surface area contributed by atoms with Gasteiger partial charge in [-0.05, 0) is 62.1 Å². The molecule has 0 saturated carbocycles. The fourth-order valence-electron chi connectivity index (χ4n) is 2.89. The van der Waals surface area contributed by atoms with Gasteiger partial charge < -0.3 is 4.90 Å². The third kappa shape index (κ3) is 2.01. The van der Waals surface area contributed by atoms with Crippen LogP contribution in [0.25, 0.3) is 0 Å². The van der Waals surface area contributed by atoms with Gasteiger partial charge in [0.05, 0.1) is 0 Å². The molecular formula is C18H19NO. The number of benzene rings is 2. The monoisotopic (exact) mass is 265 g/mol. The van der Waals surface area contributed by atoms with Crippen LogP contribution in [0.2, 0.25) is 0 Å². The van der Waals surface area contributed by atoms with Crippen molar-refractivity contribution >= 4 is 11.6 Å². The van der Waals surface area contributed by atoms with Gasteiger partial charge in [0.2, 0.25) is 0 Å². The zero-order chi connectivity index (χ0) is 14.3. The summed E-state index contributed by atoms with van der Waals surface area (Å²) in [6.07, 6.45) is 0.937. The molecule has 0 N–H and O–H groups in total. The second-order valence-corrected chi connectivity index (χ2v) is 5.66. The number of aryl methyl sites for hydroxylation is 2. The first kappa shape index (κ1) is 12.9. The van der Waals surface area contributed by atoms with Crippen molar-refractivity contribution in [3.8, 4) is 0 Å². The maximum Gasteiger partial charge on any atom is 0.258 e. The molecule has 0 spiro atoms. The lowest BCUT2D eigenvalue weighted by molar-refractivity contribution is 0.0981. The van der Waals surface area contributed by atoms with Crippen LogP contribution >= 0.6 is 0 Å². The minimum atomic E-state index is 0.102. The number of hydrogen-bond donors (Lipinski definition) is 0. The topological polar surface area (TPSA) is 20.3 Å². The highest BCUT2D eigenvalue weighted by molar-refractivity contribution is 6.07. The van der Waals surface area contributed by atoms with E-state index in [1.54, 1.807) is 0 Å². The SMILES string of the molecule is Cc1ccc(C(=O)N2c3ccccc3CC2C)cc1C. The molecule has 0 aromatic heterocycles. The van der Waals surface area contributed by atoms with E-state index in [9.17, 15) is 4.79 Å². The van der Waals surface area contributed by atoms with Gasteiger partial charge in [-0.25, -0.2) is 0 Å². The summed E-state index contributed by atoms with van der Waals surface area (Å²) in [5.74, 6) is 0.102. The Morgan fingerprint density at radius 2 is 1.85 bits per heavy atom. The summed E-state index contributed by atoms with van der Waals surface area (Å²) in [5.41, 5.74) is 5.48. The smallest absolute Gasteiger partial charge is 0.258 e. The standard InChI is InChI=1S/C18H19NO/c1-12-8-9-16(10-13(12)2)18(20)19-14(3)11-15-6-4-5-7-17(15)19/h4-10,14H,11H2,1-3H3. The summed E-state index contributed by atoms with van der Waals surface area (Å²) in [4.78, 5) is 14.7. The Hall–Kier alpha value is -2.09. The molecule has 0 fully saturated rings. The molecule has 1 atom stereocenters. The molecule has 1 heterocycles. The number of hydrogen-bond acceptors (Lipinski definition) is 1. The summed E-state index contributed by atoms with van der Waals surface area (Å²) < 4.78 is 0. The van der Waals surface area contributed by atoms with Crippen LogP contribution < -0.4 is 4.90 Å². The van der Waals surface area contributed by atoms with Crippen molar-refractivity contribution < 1.29 is 4.79 Å². The van der Waals surface area contributed by atoms with Gasteiger partial charge in [-0.3, -0.25) is 4.79 Å². The lowest BCUT2D eigenvalue weighted by atomic mass is 10.1. The molecule has 1 aliphatic heterocycles. The van der Waals surface area contributed by atoms with E-state index in [1.807, 2.05) is 48.2 Å². The van der Waals surface area contributed by atoms with Gasteiger partial charge in [0.25, 0.3) is 5.91 Å². The zero-order valence-corrected chi connectivity index (χ0v) is 12.2. The molecule has 0 bridgehead atoms. The fourth-order valence-corrected chi connectivity index (χ4v) is 2.89. The van der Waals surface area contributed by atoms with Crippen LogP contribution in [0.4, 0.5) is 5.69 Å². The van der Waals surface area contributed by atoms with Crippen LogP contribution in [0.3, 0.4) is 0 Å². The van der Waals surface area contributed by atoms with E-state index in [-0.39, 0.29) is 11.9 Å². The molecule has 1 amide bonds. The van der Waals surface area contributed by atoms with E-state index in [2.05, 4.69) is 19.9 Å². The van der Waals surface area contributed by atoms with Crippen molar-refractivity contribution in [1.82, 2.24) is 0 Å². The summed E-state index contributed by atoms with van der Waals surface area (Å²) in [6.45, 7) is 6.23. The quantitative estimate of drug-likeness (QED) is 0.766. The van der Waals surface area contributed by atoms with Crippen molar-refractivity contribution in [3.05, 3.63) is 64.7 Å². The predicted molar refractivity (Wildman–Crippen MR) is 82.3 cm³/mol. The summed E-state index contributed by atoms with van der Waals surface area (Å²) >= 11 is 0. The van der Waals surface area contributed by atoms with E-state index in [1.165, 1.54) is 11.1 Å². The van der Waals surface area contributed by atoms with E-state index in [0.29, 0.717) is 0 Å². The Balaban J connectivity index is 2.00. The maximum absolute atomic E-state index is 12.8. The van der Waals surface area contributed by atoms with E-state index < -0.39 is 0 Å². The molecule has 20 heavy (non-hydrogen) atoms. The summed E-state index contributed by atoms with van der Waals surface area (Å²) in [6, 6.07) is 14.4. The Bertz CT molecular complexity index is 675. The molecule has 2 heteroatoms. The molecule has 0 radical (unpaired) electrons. The number of rotatable bonds is 1. The molecule has 2 aromatic rings. The maximum atomic E-state index is 12.8. The molecule has 2 nitrogen and oxygen atoms in total. The van der Waals surface area contributed by atoms with Gasteiger partial charge in [-0.2, -0.15) is 0 Å². The Kier molecular flexibility index (Phi) is 3.09. The van der Waals surface area contributed by atoms with Crippen molar-refractivity contribution in [3.63, 3.8) is 0 Å². The van der Waals surface area contributed by atoms with E-state index in [0.717, 1.165) is 23.2 Å². The highest BCUT2D eigenvalue weighted by Crippen LogP contribution is 2.33. The molecule has 2 aromatic carbocycles. The normalized spacial score (nSPS) is 17.1. The highest BCUT2D eigenvalue weighted by Gasteiger charge is 2.31. The first-order valence-corrected chi connectivity index (χ1v) is 7.06. The van der Waals surface area contributed by atoms with Gasteiger partial charge in [0, 0.05) is 17.3 Å². The van der Waals surface area contributed by atoms with Gasteiger partial charge in [-0.15, -0.1) is 0 Å². The number of fused-ring (bicyclic) bond motifs is 1. The Labute approximate surface area is 120 Å². The van der Waals surface area contributed by atoms with Gasteiger partial charge >= 0.3 is 0 Å². The second-order valence-electron chi connectivity index (χ2n) is 5.66. The zero-order valence-electron chi connectivity index (χ0n) is 12.2. The number of amides is 1. The Morgan fingerprint density at radius 1 is 1.10 bits per heavy atom. The third-order valence-electron chi connectivity index (χ3n) is 4.18. The molecule has 0 saturated heterocycles. The molecule has 1 aliphatic rings. The van der Waals surface area contributed by atoms with Crippen LogP contribution in [-0.4, -0.2) is 11.9 Å². The average Bonchev–Trinajstić information content (AvgIpc) is 2.77. The number of anilines is 1. The third-order valence-corrected chi connectivity index (χ3v) is 4.18. The van der Waals surface area contributed by atoms with Gasteiger partial charge in [0.15, 0.2) is 0 Å². The first-order valence-electron chi connectivity index (χ1n) is 7.06. The van der Waals surface area contributed by atoms with Crippen LogP contribution in [0, 0.1) is 13.8 Å². The minimum absolute atomic E-state index is 0.102. The lowest BCUT2D eigenvalue weighted by Crippen LogP contribution is -2.35.